The van der Waals surface area contributed by atoms with E-state index in [4.69, 9.17) is 0 Å². The first-order valence-corrected chi connectivity index (χ1v) is 4.46. The van der Waals surface area contributed by atoms with Crippen LogP contribution in [0.25, 0.3) is 6.08 Å². The van der Waals surface area contributed by atoms with Crippen LogP contribution in [0, 0.1) is 0 Å². The summed E-state index contributed by atoms with van der Waals surface area (Å²) in [5.41, 5.74) is 0.879. The Hall–Kier alpha value is -2.03. The van der Waals surface area contributed by atoms with E-state index >= 15 is 0 Å². The second-order valence-corrected chi connectivity index (χ2v) is 2.97. The number of hydrogen-bond acceptors (Lipinski definition) is 3. The zero-order valence-corrected chi connectivity index (χ0v) is 8.05. The molecule has 0 amide bonds. The van der Waals surface area contributed by atoms with Gasteiger partial charge in [-0.15, -0.1) is 0 Å². The van der Waals surface area contributed by atoms with Crippen molar-refractivity contribution >= 4 is 23.9 Å². The highest BCUT2D eigenvalue weighted by Gasteiger charge is 2.04. The zero-order chi connectivity index (χ0) is 11.1. The number of allylic oxidation sites excluding steroid dienone is 1. The number of aldehydes is 1. The van der Waals surface area contributed by atoms with Crippen molar-refractivity contribution in [1.82, 2.24) is 0 Å². The molecule has 0 spiro atoms. The van der Waals surface area contributed by atoms with E-state index in [1.165, 1.54) is 6.08 Å². The molecule has 0 unspecified atom stereocenters. The van der Waals surface area contributed by atoms with Crippen LogP contribution in [0.15, 0.2) is 36.4 Å². The van der Waals surface area contributed by atoms with Gasteiger partial charge in [0.25, 0.3) is 0 Å². The fraction of sp³-hybridized carbons (Fsp3) is 0.0833. The number of hydrogen-bond donors (Lipinski definition) is 0. The molecular weight excluding hydrogens is 192 g/mol. The summed E-state index contributed by atoms with van der Waals surface area (Å²) in [5.74, 6) is -1.06. The molecular formula is C12H10O3. The molecule has 1 rings (SSSR count). The van der Waals surface area contributed by atoms with Gasteiger partial charge in [-0.1, -0.05) is 36.4 Å². The van der Waals surface area contributed by atoms with Gasteiger partial charge < -0.3 is 0 Å². The fourth-order valence-corrected chi connectivity index (χ4v) is 1.03. The van der Waals surface area contributed by atoms with E-state index in [0.29, 0.717) is 0 Å². The lowest BCUT2D eigenvalue weighted by Crippen LogP contribution is -2.05. The quantitative estimate of drug-likeness (QED) is 0.314. The molecule has 0 radical (unpaired) electrons. The second-order valence-electron chi connectivity index (χ2n) is 2.97. The number of rotatable bonds is 5. The Morgan fingerprint density at radius 1 is 1.07 bits per heavy atom. The molecule has 0 aromatic heterocycles. The summed E-state index contributed by atoms with van der Waals surface area (Å²) >= 11 is 0. The van der Waals surface area contributed by atoms with Gasteiger partial charge in [-0.2, -0.15) is 0 Å². The summed E-state index contributed by atoms with van der Waals surface area (Å²) in [6, 6.07) is 9.24. The highest BCUT2D eigenvalue weighted by atomic mass is 16.2. The Balaban J connectivity index is 2.55. The van der Waals surface area contributed by atoms with Crippen LogP contribution in [0.3, 0.4) is 0 Å². The molecule has 1 aromatic carbocycles. The third-order valence-corrected chi connectivity index (χ3v) is 1.74. The van der Waals surface area contributed by atoms with Crippen molar-refractivity contribution in [3.05, 3.63) is 42.0 Å². The average Bonchev–Trinajstić information content (AvgIpc) is 2.27. The molecule has 15 heavy (non-hydrogen) atoms. The van der Waals surface area contributed by atoms with Gasteiger partial charge in [0, 0.05) is 0 Å². The molecule has 0 saturated heterocycles. The van der Waals surface area contributed by atoms with Crippen molar-refractivity contribution in [3.63, 3.8) is 0 Å². The minimum absolute atomic E-state index is 0.161. The molecule has 0 atom stereocenters. The summed E-state index contributed by atoms with van der Waals surface area (Å²) < 4.78 is 0. The Labute approximate surface area is 87.4 Å². The van der Waals surface area contributed by atoms with Crippen molar-refractivity contribution < 1.29 is 14.4 Å². The summed E-state index contributed by atoms with van der Waals surface area (Å²) in [6.45, 7) is 0. The minimum atomic E-state index is -0.697. The van der Waals surface area contributed by atoms with E-state index in [2.05, 4.69) is 0 Å². The second kappa shape index (κ2) is 5.65. The largest absolute Gasteiger partial charge is 0.295 e. The van der Waals surface area contributed by atoms with Crippen LogP contribution in [-0.4, -0.2) is 17.9 Å². The van der Waals surface area contributed by atoms with E-state index in [1.807, 2.05) is 30.3 Å². The zero-order valence-electron chi connectivity index (χ0n) is 8.05. The Kier molecular flexibility index (Phi) is 4.16. The lowest BCUT2D eigenvalue weighted by Gasteiger charge is -1.91. The van der Waals surface area contributed by atoms with Crippen LogP contribution in [0.4, 0.5) is 0 Å². The Morgan fingerprint density at radius 3 is 2.33 bits per heavy atom. The molecule has 0 heterocycles. The maximum absolute atomic E-state index is 11.1. The Morgan fingerprint density at radius 2 is 1.73 bits per heavy atom. The standard InChI is InChI=1S/C12H10O3/c13-9-12(15)8-11(14)7-6-10-4-2-1-3-5-10/h1-7,9H,8H2/b7-6+. The van der Waals surface area contributed by atoms with Crippen LogP contribution in [0.2, 0.25) is 0 Å². The maximum atomic E-state index is 11.1. The molecule has 0 N–H and O–H groups in total. The maximum Gasteiger partial charge on any atom is 0.202 e. The molecule has 0 saturated carbocycles. The average molecular weight is 202 g/mol. The van der Waals surface area contributed by atoms with Gasteiger partial charge in [-0.05, 0) is 11.6 Å². The monoisotopic (exact) mass is 202 g/mol. The molecule has 0 aliphatic carbocycles. The van der Waals surface area contributed by atoms with Gasteiger partial charge in [-0.3, -0.25) is 14.4 Å². The fourth-order valence-electron chi connectivity index (χ4n) is 1.03. The lowest BCUT2D eigenvalue weighted by atomic mass is 10.1. The van der Waals surface area contributed by atoms with Crippen LogP contribution in [-0.2, 0) is 14.4 Å². The SMILES string of the molecule is O=CC(=O)CC(=O)/C=C/c1ccccc1. The van der Waals surface area contributed by atoms with Crippen LogP contribution < -0.4 is 0 Å². The number of carbonyl (C=O) groups excluding carboxylic acids is 3. The highest BCUT2D eigenvalue weighted by molar-refractivity contribution is 6.30. The van der Waals surface area contributed by atoms with E-state index in [1.54, 1.807) is 6.08 Å². The molecule has 0 fully saturated rings. The third-order valence-electron chi connectivity index (χ3n) is 1.74. The molecule has 3 nitrogen and oxygen atoms in total. The van der Waals surface area contributed by atoms with E-state index < -0.39 is 5.78 Å². The highest BCUT2D eigenvalue weighted by Crippen LogP contribution is 2.01. The lowest BCUT2D eigenvalue weighted by molar-refractivity contribution is -0.132. The van der Waals surface area contributed by atoms with E-state index in [9.17, 15) is 14.4 Å². The Bertz CT molecular complexity index is 391. The van der Waals surface area contributed by atoms with Gasteiger partial charge in [0.1, 0.15) is 0 Å². The summed E-state index contributed by atoms with van der Waals surface area (Å²) in [5, 5.41) is 0. The molecule has 0 bridgehead atoms. The molecule has 1 aromatic rings. The van der Waals surface area contributed by atoms with Crippen LogP contribution in [0.5, 0.6) is 0 Å². The first kappa shape index (κ1) is 11.0. The normalized spacial score (nSPS) is 10.1. The third kappa shape index (κ3) is 4.13. The predicted octanol–water partition coefficient (Wildman–Crippen LogP) is 1.43. The van der Waals surface area contributed by atoms with Gasteiger partial charge in [0.15, 0.2) is 12.1 Å². The molecule has 76 valence electrons. The van der Waals surface area contributed by atoms with Crippen molar-refractivity contribution in [2.45, 2.75) is 6.42 Å². The van der Waals surface area contributed by atoms with Crippen molar-refractivity contribution in [3.8, 4) is 0 Å². The number of carbonyl (C=O) groups is 3. The van der Waals surface area contributed by atoms with Crippen LogP contribution >= 0.6 is 0 Å². The first-order chi connectivity index (χ1) is 7.22. The first-order valence-electron chi connectivity index (χ1n) is 4.46. The van der Waals surface area contributed by atoms with Gasteiger partial charge in [0.05, 0.1) is 6.42 Å². The van der Waals surface area contributed by atoms with Gasteiger partial charge in [-0.25, -0.2) is 0 Å². The van der Waals surface area contributed by atoms with Gasteiger partial charge in [0.2, 0.25) is 5.78 Å². The number of Topliss-reactive ketones (excluding diaryl/α,β-unsaturated/α-hetero) is 1. The molecule has 3 heteroatoms. The number of benzene rings is 1. The molecule has 0 aliphatic rings. The summed E-state index contributed by atoms with van der Waals surface area (Å²) in [7, 11) is 0. The van der Waals surface area contributed by atoms with Crippen molar-refractivity contribution in [2.75, 3.05) is 0 Å². The molecule has 0 aliphatic heterocycles. The summed E-state index contributed by atoms with van der Waals surface area (Å²) in [4.78, 5) is 31.7. The smallest absolute Gasteiger partial charge is 0.202 e. The summed E-state index contributed by atoms with van der Waals surface area (Å²) in [6.07, 6.45) is 2.72. The van der Waals surface area contributed by atoms with Gasteiger partial charge >= 0.3 is 0 Å². The van der Waals surface area contributed by atoms with Crippen molar-refractivity contribution in [1.29, 1.82) is 0 Å². The van der Waals surface area contributed by atoms with Crippen molar-refractivity contribution in [2.24, 2.45) is 0 Å². The number of ketones is 2. The predicted molar refractivity (Wildman–Crippen MR) is 56.2 cm³/mol. The topological polar surface area (TPSA) is 51.2 Å². The van der Waals surface area contributed by atoms with E-state index in [-0.39, 0.29) is 18.5 Å². The minimum Gasteiger partial charge on any atom is -0.295 e. The van der Waals surface area contributed by atoms with E-state index in [0.717, 1.165) is 5.56 Å². The van der Waals surface area contributed by atoms with Crippen LogP contribution in [0.1, 0.15) is 12.0 Å².